The molecule has 0 aliphatic heterocycles. The number of carbonyl (C=O) groups is 1. The van der Waals surface area contributed by atoms with Crippen molar-refractivity contribution in [1.29, 1.82) is 0 Å². The lowest BCUT2D eigenvalue weighted by atomic mass is 10.2. The van der Waals surface area contributed by atoms with Crippen LogP contribution in [-0.2, 0) is 0 Å². The molecule has 0 saturated carbocycles. The Morgan fingerprint density at radius 1 is 1.14 bits per heavy atom. The molecule has 22 heavy (non-hydrogen) atoms. The number of benzene rings is 2. The van der Waals surface area contributed by atoms with Gasteiger partial charge in [-0.2, -0.15) is 0 Å². The first kappa shape index (κ1) is 14.6. The molecule has 0 saturated heterocycles. The molecular weight excluding hydrogens is 320 g/mol. The van der Waals surface area contributed by atoms with Gasteiger partial charge in [0, 0.05) is 16.8 Å². The van der Waals surface area contributed by atoms with Gasteiger partial charge >= 0.3 is 0 Å². The first-order chi connectivity index (χ1) is 10.6. The van der Waals surface area contributed by atoms with Gasteiger partial charge in [0.05, 0.1) is 10.4 Å². The van der Waals surface area contributed by atoms with Crippen molar-refractivity contribution >= 4 is 34.0 Å². The van der Waals surface area contributed by atoms with Crippen LogP contribution >= 0.6 is 22.9 Å². The molecule has 3 aromatic rings. The highest BCUT2D eigenvalue weighted by molar-refractivity contribution is 7.19. The number of anilines is 1. The number of aromatic hydroxyl groups is 1. The van der Waals surface area contributed by atoms with Crippen molar-refractivity contribution in [2.45, 2.75) is 0 Å². The number of phenols is 1. The summed E-state index contributed by atoms with van der Waals surface area (Å²) in [4.78, 5) is 17.2. The maximum Gasteiger partial charge on any atom is 0.261 e. The summed E-state index contributed by atoms with van der Waals surface area (Å²) in [6.45, 7) is 0. The lowest BCUT2D eigenvalue weighted by Gasteiger charge is -2.03. The molecule has 110 valence electrons. The van der Waals surface area contributed by atoms with Crippen LogP contribution in [0.5, 0.6) is 5.75 Å². The summed E-state index contributed by atoms with van der Waals surface area (Å²) in [7, 11) is 0. The summed E-state index contributed by atoms with van der Waals surface area (Å²) < 4.78 is 0. The van der Waals surface area contributed by atoms with E-state index >= 15 is 0 Å². The van der Waals surface area contributed by atoms with Gasteiger partial charge in [-0.05, 0) is 18.2 Å². The summed E-state index contributed by atoms with van der Waals surface area (Å²) in [5, 5.41) is 13.4. The predicted molar refractivity (Wildman–Crippen MR) is 88.6 cm³/mol. The number of hydrogen-bond acceptors (Lipinski definition) is 4. The first-order valence-electron chi connectivity index (χ1n) is 6.45. The number of thiazole rings is 1. The molecule has 0 unspecified atom stereocenters. The molecule has 0 spiro atoms. The normalized spacial score (nSPS) is 10.4. The van der Waals surface area contributed by atoms with Crippen molar-refractivity contribution < 1.29 is 9.90 Å². The maximum atomic E-state index is 12.1. The van der Waals surface area contributed by atoms with Crippen molar-refractivity contribution in [3.05, 3.63) is 65.3 Å². The summed E-state index contributed by atoms with van der Waals surface area (Å²) in [5.74, 6) is -0.471. The third-order valence-electron chi connectivity index (χ3n) is 3.01. The van der Waals surface area contributed by atoms with Gasteiger partial charge in [-0.25, -0.2) is 4.98 Å². The smallest absolute Gasteiger partial charge is 0.261 e. The topological polar surface area (TPSA) is 62.2 Å². The van der Waals surface area contributed by atoms with Crippen LogP contribution in [0.2, 0.25) is 5.02 Å². The highest BCUT2D eigenvalue weighted by atomic mass is 35.5. The van der Waals surface area contributed by atoms with E-state index in [1.165, 1.54) is 17.4 Å². The van der Waals surface area contributed by atoms with Crippen LogP contribution in [-0.4, -0.2) is 16.0 Å². The van der Waals surface area contributed by atoms with E-state index in [2.05, 4.69) is 10.3 Å². The number of phenolic OH excluding ortho intramolecular Hbond substituents is 1. The van der Waals surface area contributed by atoms with Gasteiger partial charge in [-0.15, -0.1) is 0 Å². The van der Waals surface area contributed by atoms with E-state index in [4.69, 9.17) is 11.6 Å². The SMILES string of the molecule is O=C(Nc1ncc(-c2ccccc2Cl)s1)c1ccccc1O. The molecular formula is C16H11ClN2O2S. The first-order valence-corrected chi connectivity index (χ1v) is 7.64. The van der Waals surface area contributed by atoms with Crippen LogP contribution in [0.15, 0.2) is 54.7 Å². The lowest BCUT2D eigenvalue weighted by Crippen LogP contribution is -2.11. The van der Waals surface area contributed by atoms with E-state index in [0.717, 1.165) is 10.4 Å². The van der Waals surface area contributed by atoms with Gasteiger partial charge < -0.3 is 5.11 Å². The van der Waals surface area contributed by atoms with Gasteiger partial charge in [0.15, 0.2) is 5.13 Å². The molecule has 0 atom stereocenters. The largest absolute Gasteiger partial charge is 0.507 e. The van der Waals surface area contributed by atoms with Gasteiger partial charge in [0.2, 0.25) is 0 Å². The zero-order valence-corrected chi connectivity index (χ0v) is 12.9. The molecule has 0 aliphatic rings. The zero-order valence-electron chi connectivity index (χ0n) is 11.3. The van der Waals surface area contributed by atoms with E-state index in [1.54, 1.807) is 30.5 Å². The Morgan fingerprint density at radius 2 is 1.86 bits per heavy atom. The van der Waals surface area contributed by atoms with E-state index in [1.807, 2.05) is 18.2 Å². The van der Waals surface area contributed by atoms with Crippen LogP contribution in [0, 0.1) is 0 Å². The molecule has 3 rings (SSSR count). The summed E-state index contributed by atoms with van der Waals surface area (Å²) >= 11 is 7.47. The fourth-order valence-electron chi connectivity index (χ4n) is 1.95. The number of nitrogens with one attached hydrogen (secondary N) is 1. The van der Waals surface area contributed by atoms with Crippen LogP contribution in [0.3, 0.4) is 0 Å². The Hall–Kier alpha value is -2.37. The van der Waals surface area contributed by atoms with E-state index in [-0.39, 0.29) is 11.3 Å². The second kappa shape index (κ2) is 6.17. The third kappa shape index (κ3) is 2.95. The number of para-hydroxylation sites is 1. The molecule has 1 amide bonds. The van der Waals surface area contributed by atoms with E-state index < -0.39 is 5.91 Å². The average molecular weight is 331 g/mol. The maximum absolute atomic E-state index is 12.1. The minimum Gasteiger partial charge on any atom is -0.507 e. The Balaban J connectivity index is 1.82. The predicted octanol–water partition coefficient (Wildman–Crippen LogP) is 4.42. The molecule has 2 N–H and O–H groups in total. The second-order valence-corrected chi connectivity index (χ2v) is 5.92. The standard InChI is InChI=1S/C16H11ClN2O2S/c17-12-7-3-1-5-10(12)14-9-18-16(22-14)19-15(21)11-6-2-4-8-13(11)20/h1-9,20H,(H,18,19,21). The van der Waals surface area contributed by atoms with Gasteiger partial charge in [0.25, 0.3) is 5.91 Å². The van der Waals surface area contributed by atoms with Crippen molar-refractivity contribution in [2.24, 2.45) is 0 Å². The zero-order chi connectivity index (χ0) is 15.5. The number of nitrogens with zero attached hydrogens (tertiary/aromatic N) is 1. The van der Waals surface area contributed by atoms with Crippen LogP contribution in [0.1, 0.15) is 10.4 Å². The summed E-state index contributed by atoms with van der Waals surface area (Å²) in [5.41, 5.74) is 1.07. The number of amides is 1. The second-order valence-electron chi connectivity index (χ2n) is 4.48. The van der Waals surface area contributed by atoms with Crippen LogP contribution < -0.4 is 5.32 Å². The molecule has 1 heterocycles. The number of aromatic nitrogens is 1. The van der Waals surface area contributed by atoms with E-state index in [9.17, 15) is 9.90 Å². The molecule has 0 fully saturated rings. The quantitative estimate of drug-likeness (QED) is 0.747. The molecule has 0 bridgehead atoms. The van der Waals surface area contributed by atoms with Crippen molar-refractivity contribution in [3.63, 3.8) is 0 Å². The van der Waals surface area contributed by atoms with Crippen molar-refractivity contribution in [1.82, 2.24) is 4.98 Å². The van der Waals surface area contributed by atoms with Crippen LogP contribution in [0.4, 0.5) is 5.13 Å². The highest BCUT2D eigenvalue weighted by Gasteiger charge is 2.13. The number of carbonyl (C=O) groups excluding carboxylic acids is 1. The average Bonchev–Trinajstić information content (AvgIpc) is 2.96. The Bertz CT molecular complexity index is 832. The van der Waals surface area contributed by atoms with Gasteiger partial charge in [-0.1, -0.05) is 53.3 Å². The minimum absolute atomic E-state index is 0.0668. The number of hydrogen-bond donors (Lipinski definition) is 2. The minimum atomic E-state index is -0.404. The molecule has 2 aromatic carbocycles. The van der Waals surface area contributed by atoms with E-state index in [0.29, 0.717) is 10.2 Å². The molecule has 6 heteroatoms. The fourth-order valence-corrected chi connectivity index (χ4v) is 3.09. The third-order valence-corrected chi connectivity index (χ3v) is 4.29. The number of rotatable bonds is 3. The summed E-state index contributed by atoms with van der Waals surface area (Å²) in [6.07, 6.45) is 1.66. The number of halogens is 1. The highest BCUT2D eigenvalue weighted by Crippen LogP contribution is 2.33. The summed E-state index contributed by atoms with van der Waals surface area (Å²) in [6, 6.07) is 13.8. The Labute approximate surface area is 136 Å². The lowest BCUT2D eigenvalue weighted by molar-refractivity contribution is 0.102. The Morgan fingerprint density at radius 3 is 2.64 bits per heavy atom. The molecule has 0 aliphatic carbocycles. The van der Waals surface area contributed by atoms with Gasteiger partial charge in [-0.3, -0.25) is 10.1 Å². The molecule has 1 aromatic heterocycles. The Kier molecular flexibility index (Phi) is 4.09. The van der Waals surface area contributed by atoms with Crippen molar-refractivity contribution in [2.75, 3.05) is 5.32 Å². The van der Waals surface area contributed by atoms with Crippen molar-refractivity contribution in [3.8, 4) is 16.2 Å². The van der Waals surface area contributed by atoms with Gasteiger partial charge in [0.1, 0.15) is 5.75 Å². The molecule has 4 nitrogen and oxygen atoms in total. The monoisotopic (exact) mass is 330 g/mol. The fraction of sp³-hybridized carbons (Fsp3) is 0. The molecule has 0 radical (unpaired) electrons. The van der Waals surface area contributed by atoms with Crippen LogP contribution in [0.25, 0.3) is 10.4 Å².